The number of nitrogens with zero attached hydrogens (tertiary/aromatic N) is 3. The highest BCUT2D eigenvalue weighted by molar-refractivity contribution is 7.98. The molecule has 0 spiro atoms. The molecule has 1 heterocycles. The van der Waals surface area contributed by atoms with Crippen molar-refractivity contribution in [1.29, 1.82) is 0 Å². The fraction of sp³-hybridized carbons (Fsp3) is 0.188. The molecule has 0 atom stereocenters. The molecule has 0 aliphatic heterocycles. The predicted octanol–water partition coefficient (Wildman–Crippen LogP) is 4.26. The smallest absolute Gasteiger partial charge is 0.269 e. The van der Waals surface area contributed by atoms with Gasteiger partial charge in [0, 0.05) is 24.4 Å². The molecule has 0 aliphatic rings. The molecule has 112 valence electrons. The Morgan fingerprint density at radius 1 is 1.18 bits per heavy atom. The summed E-state index contributed by atoms with van der Waals surface area (Å²) in [4.78, 5) is 14.9. The lowest BCUT2D eigenvalue weighted by molar-refractivity contribution is -0.384. The molecule has 0 amide bonds. The van der Waals surface area contributed by atoms with E-state index in [0.29, 0.717) is 0 Å². The number of aryl methyl sites for hydroxylation is 1. The third-order valence-corrected chi connectivity index (χ3v) is 4.50. The number of rotatable bonds is 5. The summed E-state index contributed by atoms with van der Waals surface area (Å²) in [6, 6.07) is 14.8. The molecule has 0 unspecified atom stereocenters. The third kappa shape index (κ3) is 2.82. The van der Waals surface area contributed by atoms with E-state index < -0.39 is 0 Å². The SMILES string of the molecule is CCn1c(SCc2ccc([N+](=O)[O-])cc2)nc2ccccc21. The van der Waals surface area contributed by atoms with Crippen molar-refractivity contribution in [2.75, 3.05) is 0 Å². The molecule has 5 nitrogen and oxygen atoms in total. The van der Waals surface area contributed by atoms with E-state index in [4.69, 9.17) is 0 Å². The van der Waals surface area contributed by atoms with Crippen molar-refractivity contribution in [3.8, 4) is 0 Å². The van der Waals surface area contributed by atoms with Gasteiger partial charge in [-0.3, -0.25) is 10.1 Å². The summed E-state index contributed by atoms with van der Waals surface area (Å²) in [5.41, 5.74) is 3.30. The van der Waals surface area contributed by atoms with Crippen LogP contribution in [0.15, 0.2) is 53.7 Å². The van der Waals surface area contributed by atoms with E-state index in [1.165, 1.54) is 0 Å². The minimum absolute atomic E-state index is 0.120. The number of hydrogen-bond donors (Lipinski definition) is 0. The molecular weight excluding hydrogens is 298 g/mol. The molecule has 3 aromatic rings. The van der Waals surface area contributed by atoms with Crippen molar-refractivity contribution in [2.45, 2.75) is 24.4 Å². The number of benzene rings is 2. The quantitative estimate of drug-likeness (QED) is 0.401. The number of thioether (sulfide) groups is 1. The highest BCUT2D eigenvalue weighted by Gasteiger charge is 2.10. The zero-order valence-corrected chi connectivity index (χ0v) is 12.9. The molecule has 0 fully saturated rings. The predicted molar refractivity (Wildman–Crippen MR) is 88.1 cm³/mol. The van der Waals surface area contributed by atoms with Crippen LogP contribution in [0.5, 0.6) is 0 Å². The first-order valence-corrected chi connectivity index (χ1v) is 7.99. The fourth-order valence-electron chi connectivity index (χ4n) is 2.33. The van der Waals surface area contributed by atoms with Crippen molar-refractivity contribution in [2.24, 2.45) is 0 Å². The zero-order chi connectivity index (χ0) is 15.5. The van der Waals surface area contributed by atoms with Gasteiger partial charge in [-0.05, 0) is 24.6 Å². The largest absolute Gasteiger partial charge is 0.319 e. The number of nitro groups is 1. The van der Waals surface area contributed by atoms with E-state index in [0.717, 1.165) is 34.1 Å². The van der Waals surface area contributed by atoms with Crippen molar-refractivity contribution >= 4 is 28.5 Å². The van der Waals surface area contributed by atoms with Crippen LogP contribution >= 0.6 is 11.8 Å². The van der Waals surface area contributed by atoms with Crippen molar-refractivity contribution in [1.82, 2.24) is 9.55 Å². The Bertz CT molecular complexity index is 812. The number of para-hydroxylation sites is 2. The maximum atomic E-state index is 10.7. The Morgan fingerprint density at radius 3 is 2.59 bits per heavy atom. The first-order valence-electron chi connectivity index (χ1n) is 7.00. The summed E-state index contributed by atoms with van der Waals surface area (Å²) < 4.78 is 2.19. The number of hydrogen-bond acceptors (Lipinski definition) is 4. The van der Waals surface area contributed by atoms with Gasteiger partial charge in [0.1, 0.15) is 0 Å². The van der Waals surface area contributed by atoms with Crippen LogP contribution in [-0.4, -0.2) is 14.5 Å². The van der Waals surface area contributed by atoms with Crippen LogP contribution in [0.25, 0.3) is 11.0 Å². The van der Waals surface area contributed by atoms with E-state index >= 15 is 0 Å². The maximum absolute atomic E-state index is 10.7. The van der Waals surface area contributed by atoms with Crippen LogP contribution in [0.3, 0.4) is 0 Å². The second-order valence-electron chi connectivity index (χ2n) is 4.84. The lowest BCUT2D eigenvalue weighted by Crippen LogP contribution is -1.96. The number of nitro benzene ring substituents is 1. The monoisotopic (exact) mass is 313 g/mol. The second-order valence-corrected chi connectivity index (χ2v) is 5.78. The van der Waals surface area contributed by atoms with E-state index in [9.17, 15) is 10.1 Å². The molecule has 0 bridgehead atoms. The minimum atomic E-state index is -0.382. The summed E-state index contributed by atoms with van der Waals surface area (Å²) >= 11 is 1.65. The van der Waals surface area contributed by atoms with Crippen LogP contribution in [0.1, 0.15) is 12.5 Å². The first-order chi connectivity index (χ1) is 10.7. The van der Waals surface area contributed by atoms with E-state index in [2.05, 4.69) is 22.5 Å². The molecule has 3 rings (SSSR count). The van der Waals surface area contributed by atoms with Crippen molar-refractivity contribution in [3.63, 3.8) is 0 Å². The van der Waals surface area contributed by atoms with Gasteiger partial charge in [-0.1, -0.05) is 36.0 Å². The lowest BCUT2D eigenvalue weighted by atomic mass is 10.2. The summed E-state index contributed by atoms with van der Waals surface area (Å²) in [5, 5.41) is 11.6. The second kappa shape index (κ2) is 6.19. The van der Waals surface area contributed by atoms with Crippen molar-refractivity contribution in [3.05, 3.63) is 64.2 Å². The molecule has 22 heavy (non-hydrogen) atoms. The van der Waals surface area contributed by atoms with E-state index in [1.54, 1.807) is 36.0 Å². The van der Waals surface area contributed by atoms with Gasteiger partial charge in [-0.25, -0.2) is 4.98 Å². The highest BCUT2D eigenvalue weighted by Crippen LogP contribution is 2.27. The van der Waals surface area contributed by atoms with Gasteiger partial charge in [-0.15, -0.1) is 0 Å². The van der Waals surface area contributed by atoms with Gasteiger partial charge in [0.15, 0.2) is 5.16 Å². The normalized spacial score (nSPS) is 11.0. The Hall–Kier alpha value is -2.34. The molecule has 0 N–H and O–H groups in total. The Morgan fingerprint density at radius 2 is 1.91 bits per heavy atom. The third-order valence-electron chi connectivity index (χ3n) is 3.45. The Labute approximate surface area is 132 Å². The Balaban J connectivity index is 1.80. The van der Waals surface area contributed by atoms with Crippen LogP contribution in [0.4, 0.5) is 5.69 Å². The molecule has 0 saturated carbocycles. The number of non-ortho nitro benzene ring substituents is 1. The first kappa shape index (κ1) is 14.6. The van der Waals surface area contributed by atoms with Gasteiger partial charge in [0.25, 0.3) is 5.69 Å². The molecule has 0 saturated heterocycles. The van der Waals surface area contributed by atoms with Crippen LogP contribution in [-0.2, 0) is 12.3 Å². The summed E-state index contributed by atoms with van der Waals surface area (Å²) in [7, 11) is 0. The summed E-state index contributed by atoms with van der Waals surface area (Å²) in [6.45, 7) is 2.97. The molecule has 1 aromatic heterocycles. The van der Waals surface area contributed by atoms with Gasteiger partial charge >= 0.3 is 0 Å². The van der Waals surface area contributed by atoms with Gasteiger partial charge in [-0.2, -0.15) is 0 Å². The van der Waals surface area contributed by atoms with Crippen molar-refractivity contribution < 1.29 is 4.92 Å². The highest BCUT2D eigenvalue weighted by atomic mass is 32.2. The van der Waals surface area contributed by atoms with Gasteiger partial charge in [0.2, 0.25) is 0 Å². The minimum Gasteiger partial charge on any atom is -0.319 e. The molecule has 6 heteroatoms. The molecular formula is C16H15N3O2S. The number of aromatic nitrogens is 2. The standard InChI is InChI=1S/C16H15N3O2S/c1-2-18-15-6-4-3-5-14(15)17-16(18)22-11-12-7-9-13(10-8-12)19(20)21/h3-10H,2,11H2,1H3. The van der Waals surface area contributed by atoms with Crippen LogP contribution < -0.4 is 0 Å². The van der Waals surface area contributed by atoms with Gasteiger partial charge < -0.3 is 4.57 Å². The number of fused-ring (bicyclic) bond motifs is 1. The zero-order valence-electron chi connectivity index (χ0n) is 12.1. The molecule has 0 radical (unpaired) electrons. The topological polar surface area (TPSA) is 61.0 Å². The van der Waals surface area contributed by atoms with E-state index in [-0.39, 0.29) is 10.6 Å². The van der Waals surface area contributed by atoms with Crippen LogP contribution in [0.2, 0.25) is 0 Å². The Kier molecular flexibility index (Phi) is 4.11. The molecule has 0 aliphatic carbocycles. The fourth-order valence-corrected chi connectivity index (χ4v) is 3.37. The van der Waals surface area contributed by atoms with E-state index in [1.807, 2.05) is 18.2 Å². The lowest BCUT2D eigenvalue weighted by Gasteiger charge is -2.05. The summed E-state index contributed by atoms with van der Waals surface area (Å²) in [6.07, 6.45) is 0. The van der Waals surface area contributed by atoms with Crippen LogP contribution in [0, 0.1) is 10.1 Å². The maximum Gasteiger partial charge on any atom is 0.269 e. The number of imidazole rings is 1. The molecule has 2 aromatic carbocycles. The average molecular weight is 313 g/mol. The average Bonchev–Trinajstić information content (AvgIpc) is 2.90. The van der Waals surface area contributed by atoms with Gasteiger partial charge in [0.05, 0.1) is 16.0 Å². The summed E-state index contributed by atoms with van der Waals surface area (Å²) in [5.74, 6) is 0.737.